The normalized spacial score (nSPS) is 19.7. The van der Waals surface area contributed by atoms with Crippen LogP contribution in [0.25, 0.3) is 0 Å². The Morgan fingerprint density at radius 2 is 2.29 bits per heavy atom. The van der Waals surface area contributed by atoms with E-state index < -0.39 is 0 Å². The highest BCUT2D eigenvalue weighted by molar-refractivity contribution is 7.10. The van der Waals surface area contributed by atoms with Crippen molar-refractivity contribution in [2.75, 3.05) is 39.3 Å². The average molecular weight is 353 g/mol. The molecule has 0 radical (unpaired) electrons. The van der Waals surface area contributed by atoms with E-state index in [0.717, 1.165) is 51.8 Å². The first kappa shape index (κ1) is 19.2. The van der Waals surface area contributed by atoms with Crippen LogP contribution in [-0.2, 0) is 11.3 Å². The van der Waals surface area contributed by atoms with Crippen molar-refractivity contribution in [1.82, 2.24) is 15.5 Å². The van der Waals surface area contributed by atoms with E-state index in [1.54, 1.807) is 11.3 Å². The fourth-order valence-corrected chi connectivity index (χ4v) is 3.68. The Bertz CT molecular complexity index is 515. The van der Waals surface area contributed by atoms with Crippen molar-refractivity contribution in [3.05, 3.63) is 21.9 Å². The quantitative estimate of drug-likeness (QED) is 0.585. The third kappa shape index (κ3) is 6.42. The van der Waals surface area contributed by atoms with E-state index in [1.165, 1.54) is 10.4 Å². The van der Waals surface area contributed by atoms with Crippen molar-refractivity contribution in [1.29, 1.82) is 0 Å². The number of morpholine rings is 1. The fraction of sp³-hybridized carbons (Fsp3) is 0.722. The molecular formula is C18H32N4OS. The second-order valence-corrected chi connectivity index (χ2v) is 7.75. The summed E-state index contributed by atoms with van der Waals surface area (Å²) in [7, 11) is 0. The molecule has 1 saturated heterocycles. The Hall–Kier alpha value is -1.11. The molecule has 2 N–H and O–H groups in total. The van der Waals surface area contributed by atoms with Crippen LogP contribution in [0.5, 0.6) is 0 Å². The minimum Gasteiger partial charge on any atom is -0.374 e. The number of aryl methyl sites for hydroxylation is 1. The molecule has 5 nitrogen and oxygen atoms in total. The molecule has 6 heteroatoms. The molecular weight excluding hydrogens is 320 g/mol. The summed E-state index contributed by atoms with van der Waals surface area (Å²) in [6.07, 6.45) is 0.227. The number of aliphatic imine (C=N–C) groups is 1. The van der Waals surface area contributed by atoms with Gasteiger partial charge in [0.05, 0.1) is 19.3 Å². The van der Waals surface area contributed by atoms with E-state index in [0.29, 0.717) is 5.92 Å². The van der Waals surface area contributed by atoms with Crippen LogP contribution < -0.4 is 10.6 Å². The van der Waals surface area contributed by atoms with Gasteiger partial charge in [-0.25, -0.2) is 4.99 Å². The van der Waals surface area contributed by atoms with E-state index in [2.05, 4.69) is 54.7 Å². The zero-order valence-corrected chi connectivity index (χ0v) is 16.3. The smallest absolute Gasteiger partial charge is 0.191 e. The summed E-state index contributed by atoms with van der Waals surface area (Å²) in [6.45, 7) is 15.2. The summed E-state index contributed by atoms with van der Waals surface area (Å²) in [6, 6.07) is 2.15. The van der Waals surface area contributed by atoms with Crippen LogP contribution in [0.2, 0.25) is 0 Å². The minimum atomic E-state index is 0.227. The average Bonchev–Trinajstić information content (AvgIpc) is 2.95. The van der Waals surface area contributed by atoms with Crippen LogP contribution in [0.4, 0.5) is 0 Å². The first-order valence-electron chi connectivity index (χ1n) is 8.97. The largest absolute Gasteiger partial charge is 0.374 e. The third-order valence-corrected chi connectivity index (χ3v) is 5.04. The fourth-order valence-electron chi connectivity index (χ4n) is 2.86. The maximum Gasteiger partial charge on any atom is 0.191 e. The van der Waals surface area contributed by atoms with Gasteiger partial charge >= 0.3 is 0 Å². The van der Waals surface area contributed by atoms with E-state index in [-0.39, 0.29) is 6.10 Å². The Morgan fingerprint density at radius 3 is 2.96 bits per heavy atom. The van der Waals surface area contributed by atoms with E-state index in [4.69, 9.17) is 9.73 Å². The Kier molecular flexibility index (Phi) is 8.02. The van der Waals surface area contributed by atoms with Gasteiger partial charge in [-0.05, 0) is 36.8 Å². The molecule has 1 unspecified atom stereocenters. The summed E-state index contributed by atoms with van der Waals surface area (Å²) in [5.41, 5.74) is 1.32. The number of guanidine groups is 1. The SMILES string of the molecule is CCNC(=NCc1sccc1C)NCC1CN(CC(C)C)CCO1. The molecule has 1 aromatic rings. The molecule has 2 heterocycles. The molecule has 0 spiro atoms. The van der Waals surface area contributed by atoms with Crippen molar-refractivity contribution in [3.63, 3.8) is 0 Å². The van der Waals surface area contributed by atoms with Gasteiger partial charge in [-0.3, -0.25) is 4.90 Å². The molecule has 0 bridgehead atoms. The lowest BCUT2D eigenvalue weighted by atomic mass is 10.2. The molecule has 1 atom stereocenters. The maximum absolute atomic E-state index is 5.90. The van der Waals surface area contributed by atoms with Gasteiger partial charge in [0.15, 0.2) is 5.96 Å². The highest BCUT2D eigenvalue weighted by atomic mass is 32.1. The Balaban J connectivity index is 1.83. The van der Waals surface area contributed by atoms with Gasteiger partial charge < -0.3 is 15.4 Å². The number of hydrogen-bond donors (Lipinski definition) is 2. The van der Waals surface area contributed by atoms with Gasteiger partial charge in [-0.1, -0.05) is 13.8 Å². The predicted octanol–water partition coefficient (Wildman–Crippen LogP) is 2.47. The van der Waals surface area contributed by atoms with Gasteiger partial charge in [0.2, 0.25) is 0 Å². The molecule has 1 aliphatic rings. The molecule has 0 aromatic carbocycles. The highest BCUT2D eigenvalue weighted by Crippen LogP contribution is 2.16. The second-order valence-electron chi connectivity index (χ2n) is 6.75. The van der Waals surface area contributed by atoms with Gasteiger partial charge in [0.1, 0.15) is 0 Å². The monoisotopic (exact) mass is 352 g/mol. The van der Waals surface area contributed by atoms with E-state index >= 15 is 0 Å². The number of nitrogens with zero attached hydrogens (tertiary/aromatic N) is 2. The molecule has 24 heavy (non-hydrogen) atoms. The zero-order valence-electron chi connectivity index (χ0n) is 15.5. The third-order valence-electron chi connectivity index (χ3n) is 4.04. The van der Waals surface area contributed by atoms with Crippen molar-refractivity contribution in [3.8, 4) is 0 Å². The molecule has 0 aliphatic carbocycles. The van der Waals surface area contributed by atoms with Crippen molar-refractivity contribution >= 4 is 17.3 Å². The van der Waals surface area contributed by atoms with Gasteiger partial charge in [-0.2, -0.15) is 0 Å². The van der Waals surface area contributed by atoms with Gasteiger partial charge in [0.25, 0.3) is 0 Å². The molecule has 1 aromatic heterocycles. The Labute approximate surface area is 150 Å². The Morgan fingerprint density at radius 1 is 1.46 bits per heavy atom. The van der Waals surface area contributed by atoms with E-state index in [9.17, 15) is 0 Å². The molecule has 1 fully saturated rings. The summed E-state index contributed by atoms with van der Waals surface area (Å²) < 4.78 is 5.90. The second kappa shape index (κ2) is 10.0. The van der Waals surface area contributed by atoms with Crippen LogP contribution in [0.1, 0.15) is 31.2 Å². The zero-order chi connectivity index (χ0) is 17.4. The molecule has 0 amide bonds. The van der Waals surface area contributed by atoms with Crippen LogP contribution >= 0.6 is 11.3 Å². The lowest BCUT2D eigenvalue weighted by Crippen LogP contribution is -2.50. The number of rotatable bonds is 7. The maximum atomic E-state index is 5.90. The van der Waals surface area contributed by atoms with Gasteiger partial charge in [0, 0.05) is 37.6 Å². The number of nitrogens with one attached hydrogen (secondary N) is 2. The van der Waals surface area contributed by atoms with Crippen molar-refractivity contribution in [2.45, 2.75) is 40.3 Å². The minimum absolute atomic E-state index is 0.227. The summed E-state index contributed by atoms with van der Waals surface area (Å²) in [4.78, 5) is 8.53. The summed E-state index contributed by atoms with van der Waals surface area (Å²) in [5.74, 6) is 1.57. The topological polar surface area (TPSA) is 48.9 Å². The van der Waals surface area contributed by atoms with Crippen LogP contribution in [0, 0.1) is 12.8 Å². The molecule has 1 aliphatic heterocycles. The van der Waals surface area contributed by atoms with Gasteiger partial charge in [-0.15, -0.1) is 11.3 Å². The standard InChI is InChI=1S/C18H32N4OS/c1-5-19-18(21-11-17-15(4)6-9-24-17)20-10-16-13-22(7-8-23-16)12-14(2)3/h6,9,14,16H,5,7-8,10-13H2,1-4H3,(H2,19,20,21). The van der Waals surface area contributed by atoms with E-state index in [1.807, 2.05) is 0 Å². The van der Waals surface area contributed by atoms with Crippen molar-refractivity contribution in [2.24, 2.45) is 10.9 Å². The lowest BCUT2D eigenvalue weighted by Gasteiger charge is -2.34. The highest BCUT2D eigenvalue weighted by Gasteiger charge is 2.21. The van der Waals surface area contributed by atoms with Crippen molar-refractivity contribution < 1.29 is 4.74 Å². The van der Waals surface area contributed by atoms with Crippen LogP contribution in [0.3, 0.4) is 0 Å². The van der Waals surface area contributed by atoms with Crippen LogP contribution in [-0.4, -0.2) is 56.3 Å². The van der Waals surface area contributed by atoms with Crippen LogP contribution in [0.15, 0.2) is 16.4 Å². The predicted molar refractivity (Wildman–Crippen MR) is 103 cm³/mol. The first-order valence-corrected chi connectivity index (χ1v) is 9.85. The summed E-state index contributed by atoms with van der Waals surface area (Å²) in [5, 5.41) is 8.88. The molecule has 2 rings (SSSR count). The molecule has 136 valence electrons. The molecule has 0 saturated carbocycles. The number of thiophene rings is 1. The lowest BCUT2D eigenvalue weighted by molar-refractivity contribution is -0.0284. The summed E-state index contributed by atoms with van der Waals surface area (Å²) >= 11 is 1.77. The number of ether oxygens (including phenoxy) is 1. The first-order chi connectivity index (χ1) is 11.6. The number of hydrogen-bond acceptors (Lipinski definition) is 4.